The molecule has 0 aliphatic heterocycles. The Kier molecular flexibility index (Phi) is 5.83. The first-order valence-corrected chi connectivity index (χ1v) is 7.38. The van der Waals surface area contributed by atoms with Crippen molar-refractivity contribution in [3.05, 3.63) is 63.4 Å². The van der Waals surface area contributed by atoms with Gasteiger partial charge in [0, 0.05) is 22.4 Å². The summed E-state index contributed by atoms with van der Waals surface area (Å²) in [4.78, 5) is 16.1. The average molecular weight is 368 g/mol. The van der Waals surface area contributed by atoms with Gasteiger partial charge in [0.2, 0.25) is 0 Å². The maximum atomic E-state index is 12.1. The van der Waals surface area contributed by atoms with Gasteiger partial charge in [0.25, 0.3) is 5.91 Å². The molecular formula is C15H9Cl3N4O. The van der Waals surface area contributed by atoms with Crippen LogP contribution in [0.1, 0.15) is 0 Å². The number of carbonyl (C=O) groups excluding carboxylic acids is 1. The number of aromatic nitrogens is 1. The van der Waals surface area contributed by atoms with E-state index in [1.165, 1.54) is 18.5 Å². The normalized spacial score (nSPS) is 10.8. The second-order valence-electron chi connectivity index (χ2n) is 4.25. The van der Waals surface area contributed by atoms with Crippen LogP contribution in [0.15, 0.2) is 48.3 Å². The maximum Gasteiger partial charge on any atom is 0.267 e. The number of nitriles is 1. The summed E-state index contributed by atoms with van der Waals surface area (Å²) < 4.78 is 0. The van der Waals surface area contributed by atoms with Gasteiger partial charge in [0.05, 0.1) is 10.7 Å². The highest BCUT2D eigenvalue weighted by Gasteiger charge is 2.11. The van der Waals surface area contributed by atoms with Crippen LogP contribution in [0.4, 0.5) is 11.5 Å². The van der Waals surface area contributed by atoms with E-state index in [1.807, 2.05) is 0 Å². The van der Waals surface area contributed by atoms with E-state index in [2.05, 4.69) is 15.6 Å². The standard InChI is InChI=1S/C15H9Cl3N4O/c16-10-1-2-12(18)13(5-10)22-15(23)9(7-19)8-21-14-6-11(17)3-4-20-14/h1-6,8H,(H,20,21)(H,22,23)/b9-8-. The molecule has 0 unspecified atom stereocenters. The van der Waals surface area contributed by atoms with Gasteiger partial charge in [-0.1, -0.05) is 34.8 Å². The van der Waals surface area contributed by atoms with Gasteiger partial charge in [-0.05, 0) is 30.3 Å². The summed E-state index contributed by atoms with van der Waals surface area (Å²) in [6.07, 6.45) is 2.73. The SMILES string of the molecule is N#C/C(=C/Nc1cc(Cl)ccn1)C(=O)Nc1cc(Cl)ccc1Cl. The number of amides is 1. The Morgan fingerprint density at radius 2 is 1.91 bits per heavy atom. The lowest BCUT2D eigenvalue weighted by Gasteiger charge is -2.07. The third-order valence-electron chi connectivity index (χ3n) is 2.63. The van der Waals surface area contributed by atoms with Crippen LogP contribution in [-0.2, 0) is 4.79 Å². The number of halogens is 3. The molecule has 5 nitrogen and oxygen atoms in total. The van der Waals surface area contributed by atoms with E-state index in [4.69, 9.17) is 40.1 Å². The minimum atomic E-state index is -0.633. The Morgan fingerprint density at radius 1 is 1.17 bits per heavy atom. The van der Waals surface area contributed by atoms with E-state index in [-0.39, 0.29) is 5.57 Å². The van der Waals surface area contributed by atoms with Gasteiger partial charge in [0.15, 0.2) is 0 Å². The fourth-order valence-electron chi connectivity index (χ4n) is 1.56. The van der Waals surface area contributed by atoms with E-state index in [9.17, 15) is 4.79 Å². The van der Waals surface area contributed by atoms with E-state index < -0.39 is 5.91 Å². The zero-order chi connectivity index (χ0) is 16.8. The van der Waals surface area contributed by atoms with Crippen LogP contribution in [0.5, 0.6) is 0 Å². The quantitative estimate of drug-likeness (QED) is 0.616. The van der Waals surface area contributed by atoms with Gasteiger partial charge in [-0.15, -0.1) is 0 Å². The zero-order valence-electron chi connectivity index (χ0n) is 11.5. The van der Waals surface area contributed by atoms with Crippen molar-refractivity contribution >= 4 is 52.2 Å². The molecule has 1 aromatic carbocycles. The van der Waals surface area contributed by atoms with E-state index in [1.54, 1.807) is 30.3 Å². The Labute approximate surface area is 147 Å². The van der Waals surface area contributed by atoms with Crippen molar-refractivity contribution < 1.29 is 4.79 Å². The minimum Gasteiger partial charge on any atom is -0.345 e. The number of benzene rings is 1. The second-order valence-corrected chi connectivity index (χ2v) is 5.53. The molecule has 8 heteroatoms. The van der Waals surface area contributed by atoms with Crippen LogP contribution in [0.25, 0.3) is 0 Å². The van der Waals surface area contributed by atoms with Gasteiger partial charge in [-0.3, -0.25) is 4.79 Å². The average Bonchev–Trinajstić information content (AvgIpc) is 2.51. The van der Waals surface area contributed by atoms with Crippen molar-refractivity contribution in [3.8, 4) is 6.07 Å². The topological polar surface area (TPSA) is 77.8 Å². The first-order chi connectivity index (χ1) is 11.0. The summed E-state index contributed by atoms with van der Waals surface area (Å²) in [6, 6.07) is 9.58. The largest absolute Gasteiger partial charge is 0.345 e. The van der Waals surface area contributed by atoms with Crippen LogP contribution in [-0.4, -0.2) is 10.9 Å². The van der Waals surface area contributed by atoms with Crippen LogP contribution in [0.3, 0.4) is 0 Å². The van der Waals surface area contributed by atoms with Crippen LogP contribution in [0, 0.1) is 11.3 Å². The molecule has 0 radical (unpaired) electrons. The van der Waals surface area contributed by atoms with Crippen LogP contribution < -0.4 is 10.6 Å². The molecule has 23 heavy (non-hydrogen) atoms. The highest BCUT2D eigenvalue weighted by Crippen LogP contribution is 2.25. The molecular weight excluding hydrogens is 359 g/mol. The smallest absolute Gasteiger partial charge is 0.267 e. The lowest BCUT2D eigenvalue weighted by atomic mass is 10.2. The van der Waals surface area contributed by atoms with E-state index >= 15 is 0 Å². The van der Waals surface area contributed by atoms with Gasteiger partial charge >= 0.3 is 0 Å². The van der Waals surface area contributed by atoms with Gasteiger partial charge in [-0.2, -0.15) is 5.26 Å². The fraction of sp³-hybridized carbons (Fsp3) is 0. The first kappa shape index (κ1) is 17.1. The number of carbonyl (C=O) groups is 1. The number of hydrogen-bond acceptors (Lipinski definition) is 4. The van der Waals surface area contributed by atoms with Gasteiger partial charge < -0.3 is 10.6 Å². The monoisotopic (exact) mass is 366 g/mol. The van der Waals surface area contributed by atoms with Crippen molar-refractivity contribution in [2.75, 3.05) is 10.6 Å². The summed E-state index contributed by atoms with van der Waals surface area (Å²) in [5.74, 6) is -0.231. The number of pyridine rings is 1. The lowest BCUT2D eigenvalue weighted by molar-refractivity contribution is -0.112. The molecule has 0 atom stereocenters. The number of hydrogen-bond donors (Lipinski definition) is 2. The number of rotatable bonds is 4. The molecule has 0 aliphatic rings. The summed E-state index contributed by atoms with van der Waals surface area (Å²) in [5.41, 5.74) is 0.147. The highest BCUT2D eigenvalue weighted by atomic mass is 35.5. The molecule has 0 saturated carbocycles. The van der Waals surface area contributed by atoms with Crippen molar-refractivity contribution in [2.24, 2.45) is 0 Å². The Hall–Kier alpha value is -2.26. The summed E-state index contributed by atoms with van der Waals surface area (Å²) in [6.45, 7) is 0. The van der Waals surface area contributed by atoms with Gasteiger partial charge in [0.1, 0.15) is 17.5 Å². The van der Waals surface area contributed by atoms with Crippen LogP contribution >= 0.6 is 34.8 Å². The van der Waals surface area contributed by atoms with Crippen molar-refractivity contribution in [2.45, 2.75) is 0 Å². The summed E-state index contributed by atoms with van der Waals surface area (Å²) in [5, 5.41) is 15.5. The molecule has 0 aliphatic carbocycles. The molecule has 116 valence electrons. The molecule has 1 amide bonds. The summed E-state index contributed by atoms with van der Waals surface area (Å²) >= 11 is 17.6. The summed E-state index contributed by atoms with van der Waals surface area (Å²) in [7, 11) is 0. The van der Waals surface area contributed by atoms with E-state index in [0.717, 1.165) is 0 Å². The predicted octanol–water partition coefficient (Wildman–Crippen LogP) is 4.50. The molecule has 0 fully saturated rings. The molecule has 2 rings (SSSR count). The molecule has 0 spiro atoms. The van der Waals surface area contributed by atoms with Gasteiger partial charge in [-0.25, -0.2) is 4.98 Å². The molecule has 2 aromatic rings. The Balaban J connectivity index is 2.14. The van der Waals surface area contributed by atoms with Crippen molar-refractivity contribution in [1.29, 1.82) is 5.26 Å². The second kappa shape index (κ2) is 7.84. The minimum absolute atomic E-state index is 0.164. The molecule has 0 saturated heterocycles. The number of anilines is 2. The van der Waals surface area contributed by atoms with Crippen molar-refractivity contribution in [3.63, 3.8) is 0 Å². The fourth-order valence-corrected chi connectivity index (χ4v) is 2.06. The lowest BCUT2D eigenvalue weighted by Crippen LogP contribution is -2.15. The highest BCUT2D eigenvalue weighted by molar-refractivity contribution is 6.36. The Morgan fingerprint density at radius 3 is 2.61 bits per heavy atom. The molecule has 1 heterocycles. The van der Waals surface area contributed by atoms with Crippen LogP contribution in [0.2, 0.25) is 15.1 Å². The maximum absolute atomic E-state index is 12.1. The number of nitrogens with one attached hydrogen (secondary N) is 2. The number of nitrogens with zero attached hydrogens (tertiary/aromatic N) is 2. The Bertz CT molecular complexity index is 815. The zero-order valence-corrected chi connectivity index (χ0v) is 13.7. The third kappa shape index (κ3) is 4.86. The first-order valence-electron chi connectivity index (χ1n) is 6.24. The van der Waals surface area contributed by atoms with E-state index in [0.29, 0.717) is 26.6 Å². The molecule has 2 N–H and O–H groups in total. The molecule has 1 aromatic heterocycles. The predicted molar refractivity (Wildman–Crippen MR) is 91.7 cm³/mol. The molecule has 0 bridgehead atoms. The third-order valence-corrected chi connectivity index (χ3v) is 3.43. The van der Waals surface area contributed by atoms with Crippen molar-refractivity contribution in [1.82, 2.24) is 4.98 Å².